The van der Waals surface area contributed by atoms with Crippen LogP contribution in [0.1, 0.15) is 43.2 Å². The smallest absolute Gasteiger partial charge is 0.329 e. The van der Waals surface area contributed by atoms with Gasteiger partial charge in [-0.2, -0.15) is 0 Å². The van der Waals surface area contributed by atoms with E-state index >= 15 is 0 Å². The summed E-state index contributed by atoms with van der Waals surface area (Å²) in [5, 5.41) is 8.70. The van der Waals surface area contributed by atoms with E-state index in [0.29, 0.717) is 30.3 Å². The van der Waals surface area contributed by atoms with Crippen LogP contribution in [0, 0.1) is 18.2 Å². The van der Waals surface area contributed by atoms with Crippen LogP contribution in [0.5, 0.6) is 11.5 Å². The van der Waals surface area contributed by atoms with Gasteiger partial charge >= 0.3 is 5.97 Å². The van der Waals surface area contributed by atoms with Crippen LogP contribution < -0.4 is 4.74 Å². The van der Waals surface area contributed by atoms with Crippen molar-refractivity contribution in [1.29, 1.82) is 0 Å². The molecule has 0 atom stereocenters. The zero-order chi connectivity index (χ0) is 21.2. The van der Waals surface area contributed by atoms with E-state index in [4.69, 9.17) is 19.3 Å². The van der Waals surface area contributed by atoms with Crippen molar-refractivity contribution in [1.82, 2.24) is 0 Å². The topological polar surface area (TPSA) is 65.0 Å². The lowest BCUT2D eigenvalue weighted by Gasteiger charge is -2.53. The molecule has 2 saturated heterocycles. The fourth-order valence-electron chi connectivity index (χ4n) is 4.57. The van der Waals surface area contributed by atoms with E-state index in [9.17, 15) is 9.18 Å². The molecule has 0 spiro atoms. The van der Waals surface area contributed by atoms with Gasteiger partial charge in [0.05, 0.1) is 12.2 Å². The van der Waals surface area contributed by atoms with Crippen LogP contribution in [0.4, 0.5) is 4.39 Å². The largest absolute Gasteiger partial charge is 0.480 e. The highest BCUT2D eigenvalue weighted by molar-refractivity contribution is 5.67. The molecule has 2 aromatic carbocycles. The van der Waals surface area contributed by atoms with Gasteiger partial charge in [0.15, 0.2) is 0 Å². The summed E-state index contributed by atoms with van der Waals surface area (Å²) < 4.78 is 31.1. The van der Waals surface area contributed by atoms with Gasteiger partial charge in [-0.25, -0.2) is 9.18 Å². The van der Waals surface area contributed by atoms with Gasteiger partial charge in [-0.15, -0.1) is 0 Å². The maximum absolute atomic E-state index is 13.5. The fraction of sp³-hybridized carbons (Fsp3) is 0.458. The number of ether oxygens (including phenoxy) is 3. The molecule has 5 rings (SSSR count). The van der Waals surface area contributed by atoms with E-state index in [0.717, 1.165) is 37.7 Å². The minimum Gasteiger partial charge on any atom is -0.480 e. The minimum atomic E-state index is -0.937. The van der Waals surface area contributed by atoms with Crippen molar-refractivity contribution in [2.75, 3.05) is 19.8 Å². The van der Waals surface area contributed by atoms with Gasteiger partial charge in [0.1, 0.15) is 23.9 Å². The van der Waals surface area contributed by atoms with Crippen molar-refractivity contribution in [3.05, 3.63) is 59.4 Å². The number of rotatable bonds is 8. The van der Waals surface area contributed by atoms with Gasteiger partial charge in [-0.05, 0) is 85.9 Å². The maximum Gasteiger partial charge on any atom is 0.329 e. The molecule has 0 unspecified atom stereocenters. The molecular weight excluding hydrogens is 387 g/mol. The van der Waals surface area contributed by atoms with E-state index in [1.807, 2.05) is 18.2 Å². The third kappa shape index (κ3) is 4.35. The molecule has 0 amide bonds. The molecule has 2 aliphatic heterocycles. The lowest BCUT2D eigenvalue weighted by molar-refractivity contribution is -0.194. The molecule has 6 heteroatoms. The zero-order valence-corrected chi connectivity index (χ0v) is 17.2. The van der Waals surface area contributed by atoms with Crippen LogP contribution in [0.25, 0.3) is 0 Å². The number of carboxylic acid groups (broad SMARTS) is 1. The highest BCUT2D eigenvalue weighted by atomic mass is 19.1. The number of hydrogen-bond donors (Lipinski definition) is 1. The molecule has 160 valence electrons. The summed E-state index contributed by atoms with van der Waals surface area (Å²) in [7, 11) is 0. The third-order valence-electron chi connectivity index (χ3n) is 6.50. The highest BCUT2D eigenvalue weighted by Gasteiger charge is 2.50. The number of aryl methyl sites for hydroxylation is 1. The van der Waals surface area contributed by atoms with Crippen LogP contribution in [-0.2, 0) is 19.9 Å². The second-order valence-electron chi connectivity index (χ2n) is 8.52. The Kier molecular flexibility index (Phi) is 5.80. The average Bonchev–Trinajstić information content (AvgIpc) is 2.75. The molecule has 3 aliphatic rings. The minimum absolute atomic E-state index is 0.0833. The van der Waals surface area contributed by atoms with Crippen molar-refractivity contribution in [3.8, 4) is 11.5 Å². The summed E-state index contributed by atoms with van der Waals surface area (Å²) in [6.45, 7) is 2.57. The van der Waals surface area contributed by atoms with Gasteiger partial charge in [-0.3, -0.25) is 0 Å². The molecular formula is C24H27FO5. The Labute approximate surface area is 175 Å². The maximum atomic E-state index is 13.5. The van der Waals surface area contributed by atoms with E-state index in [2.05, 4.69) is 6.07 Å². The van der Waals surface area contributed by atoms with E-state index in [1.165, 1.54) is 6.07 Å². The predicted octanol–water partition coefficient (Wildman–Crippen LogP) is 5.20. The quantitative estimate of drug-likeness (QED) is 0.601. The van der Waals surface area contributed by atoms with Gasteiger partial charge in [0.25, 0.3) is 0 Å². The van der Waals surface area contributed by atoms with Crippen molar-refractivity contribution in [2.24, 2.45) is 5.41 Å². The Hall–Kier alpha value is -2.44. The summed E-state index contributed by atoms with van der Waals surface area (Å²) in [5.41, 5.74) is 1.44. The summed E-state index contributed by atoms with van der Waals surface area (Å²) >= 11 is 0. The van der Waals surface area contributed by atoms with Crippen LogP contribution in [0.3, 0.4) is 0 Å². The van der Waals surface area contributed by atoms with E-state index in [1.54, 1.807) is 19.1 Å². The Morgan fingerprint density at radius 2 is 1.90 bits per heavy atom. The molecule has 0 radical (unpaired) electrons. The predicted molar refractivity (Wildman–Crippen MR) is 109 cm³/mol. The first-order valence-corrected chi connectivity index (χ1v) is 10.4. The van der Waals surface area contributed by atoms with Gasteiger partial charge < -0.3 is 19.3 Å². The van der Waals surface area contributed by atoms with Crippen LogP contribution in [0.15, 0.2) is 42.5 Å². The normalized spacial score (nSPS) is 25.3. The zero-order valence-electron chi connectivity index (χ0n) is 17.2. The van der Waals surface area contributed by atoms with Crippen molar-refractivity contribution < 1.29 is 28.5 Å². The first-order chi connectivity index (χ1) is 14.4. The Bertz CT molecular complexity index is 901. The number of aliphatic carboxylic acids is 1. The number of benzene rings is 2. The molecule has 2 aromatic rings. The lowest BCUT2D eigenvalue weighted by Crippen LogP contribution is -2.49. The number of halogens is 1. The van der Waals surface area contributed by atoms with Crippen LogP contribution in [-0.4, -0.2) is 30.9 Å². The monoisotopic (exact) mass is 414 g/mol. The third-order valence-corrected chi connectivity index (χ3v) is 6.50. The molecule has 2 bridgehead atoms. The van der Waals surface area contributed by atoms with Crippen molar-refractivity contribution >= 4 is 5.97 Å². The van der Waals surface area contributed by atoms with Crippen molar-refractivity contribution in [3.63, 3.8) is 0 Å². The molecule has 5 nitrogen and oxygen atoms in total. The number of carbonyl (C=O) groups is 1. The molecule has 0 aromatic heterocycles. The average molecular weight is 414 g/mol. The highest BCUT2D eigenvalue weighted by Crippen LogP contribution is 2.55. The summed E-state index contributed by atoms with van der Waals surface area (Å²) in [5.74, 6) is 0.135. The molecule has 1 saturated carbocycles. The van der Waals surface area contributed by atoms with Gasteiger partial charge in [0, 0.05) is 6.61 Å². The Morgan fingerprint density at radius 1 is 1.13 bits per heavy atom. The first-order valence-electron chi connectivity index (χ1n) is 10.4. The standard InChI is InChI=1S/C24H27FO5/c1-17-13-20(5-6-21(17)25)30-19-4-2-3-18(14-19)24-9-7-23(8-10-24,16-29-24)11-12-28-15-22(26)27/h2-6,13-14H,7-12,15-16H2,1H3,(H,26,27). The van der Waals surface area contributed by atoms with Crippen LogP contribution >= 0.6 is 0 Å². The summed E-state index contributed by atoms with van der Waals surface area (Å²) in [6, 6.07) is 12.7. The van der Waals surface area contributed by atoms with E-state index < -0.39 is 5.97 Å². The number of hydrogen-bond acceptors (Lipinski definition) is 4. The van der Waals surface area contributed by atoms with Crippen molar-refractivity contribution in [2.45, 2.75) is 44.6 Å². The Morgan fingerprint density at radius 3 is 2.57 bits per heavy atom. The molecule has 30 heavy (non-hydrogen) atoms. The second kappa shape index (κ2) is 8.36. The molecule has 3 fully saturated rings. The Balaban J connectivity index is 1.41. The van der Waals surface area contributed by atoms with Crippen LogP contribution in [0.2, 0.25) is 0 Å². The fourth-order valence-corrected chi connectivity index (χ4v) is 4.57. The second-order valence-corrected chi connectivity index (χ2v) is 8.52. The SMILES string of the molecule is Cc1cc(Oc2cccc(C34CCC(CCOCC(=O)O)(CC3)CO4)c2)ccc1F. The molecule has 1 N–H and O–H groups in total. The number of carboxylic acids is 1. The lowest BCUT2D eigenvalue weighted by atomic mass is 9.63. The first kappa shape index (κ1) is 20.8. The van der Waals surface area contributed by atoms with E-state index in [-0.39, 0.29) is 23.4 Å². The van der Waals surface area contributed by atoms with Gasteiger partial charge in [-0.1, -0.05) is 12.1 Å². The summed E-state index contributed by atoms with van der Waals surface area (Å²) in [4.78, 5) is 10.6. The number of fused-ring (bicyclic) bond motifs is 3. The summed E-state index contributed by atoms with van der Waals surface area (Å²) in [6.07, 6.45) is 4.73. The molecule has 1 aliphatic carbocycles. The molecule has 2 heterocycles. The van der Waals surface area contributed by atoms with Gasteiger partial charge in [0.2, 0.25) is 0 Å².